The maximum atomic E-state index is 13.2. The average Bonchev–Trinajstić information content (AvgIpc) is 3.21. The highest BCUT2D eigenvalue weighted by Crippen LogP contribution is 2.38. The van der Waals surface area contributed by atoms with E-state index in [0.29, 0.717) is 22.2 Å². The average molecular weight is 458 g/mol. The predicted octanol–water partition coefficient (Wildman–Crippen LogP) is 4.18. The highest BCUT2D eigenvalue weighted by molar-refractivity contribution is 6.12. The Balaban J connectivity index is 0.00000126. The molecule has 0 fully saturated rings. The fourth-order valence-electron chi connectivity index (χ4n) is 3.74. The van der Waals surface area contributed by atoms with Crippen LogP contribution < -0.4 is 15.4 Å². The summed E-state index contributed by atoms with van der Waals surface area (Å²) in [5.74, 6) is -0.162. The number of nitrogen functional groups attached to an aromatic ring is 1. The molecule has 4 aromatic rings. The van der Waals surface area contributed by atoms with Crippen LogP contribution in [0.3, 0.4) is 0 Å². The largest absolute Gasteiger partial charge is 0.490 e. The molecule has 0 bridgehead atoms. The Morgan fingerprint density at radius 1 is 1.15 bits per heavy atom. The summed E-state index contributed by atoms with van der Waals surface area (Å²) >= 11 is 0. The summed E-state index contributed by atoms with van der Waals surface area (Å²) in [6.07, 6.45) is -1.43. The molecular formula is C22H21F3N6O2. The molecule has 4 heterocycles. The Hall–Kier alpha value is -3.89. The molecule has 1 amide bonds. The number of fused-ring (bicyclic) bond motifs is 4. The number of rotatable bonds is 1. The minimum absolute atomic E-state index is 0.000644. The van der Waals surface area contributed by atoms with Crippen LogP contribution in [-0.2, 0) is 13.2 Å². The van der Waals surface area contributed by atoms with Crippen molar-refractivity contribution in [1.29, 1.82) is 0 Å². The molecule has 0 unspecified atom stereocenters. The van der Waals surface area contributed by atoms with Crippen molar-refractivity contribution >= 4 is 39.2 Å². The lowest BCUT2D eigenvalue weighted by atomic mass is 10.1. The van der Waals surface area contributed by atoms with Crippen molar-refractivity contribution in [2.24, 2.45) is 7.05 Å². The standard InChI is InChI=1S/C20H15F3N6O2.C2H6/c1-28-17-12(8-26-28)11-7-13(25-9-14(11)27-18(17)24)19(30)29-4-5-31-16-6-10(20(21,22)23)2-3-15(16)29;1-2/h2-3,6-9H,4-5H2,1H3,(H2,24,27);1-2H3. The first kappa shape index (κ1) is 22.3. The normalized spacial score (nSPS) is 13.3. The van der Waals surface area contributed by atoms with Crippen LogP contribution in [0.2, 0.25) is 0 Å². The van der Waals surface area contributed by atoms with Crippen molar-refractivity contribution in [3.8, 4) is 5.75 Å². The van der Waals surface area contributed by atoms with Crippen molar-refractivity contribution in [3.05, 3.63) is 47.9 Å². The second kappa shape index (κ2) is 8.23. The number of anilines is 2. The van der Waals surface area contributed by atoms with Gasteiger partial charge in [0.15, 0.2) is 0 Å². The fourth-order valence-corrected chi connectivity index (χ4v) is 3.74. The van der Waals surface area contributed by atoms with Gasteiger partial charge in [-0.05, 0) is 24.3 Å². The van der Waals surface area contributed by atoms with E-state index in [1.807, 2.05) is 13.8 Å². The Labute approximate surface area is 186 Å². The molecule has 172 valence electrons. The molecule has 1 aromatic carbocycles. The molecule has 2 N–H and O–H groups in total. The third-order valence-corrected chi connectivity index (χ3v) is 5.21. The van der Waals surface area contributed by atoms with Crippen LogP contribution in [0.4, 0.5) is 24.7 Å². The van der Waals surface area contributed by atoms with Gasteiger partial charge in [-0.3, -0.25) is 9.48 Å². The van der Waals surface area contributed by atoms with E-state index in [2.05, 4.69) is 15.1 Å². The van der Waals surface area contributed by atoms with Crippen molar-refractivity contribution in [2.75, 3.05) is 23.8 Å². The number of ether oxygens (including phenoxy) is 1. The number of hydrogen-bond donors (Lipinski definition) is 1. The van der Waals surface area contributed by atoms with Gasteiger partial charge in [-0.1, -0.05) is 13.8 Å². The maximum Gasteiger partial charge on any atom is 0.416 e. The second-order valence-corrected chi connectivity index (χ2v) is 7.10. The molecule has 0 spiro atoms. The Bertz CT molecular complexity index is 1370. The van der Waals surface area contributed by atoms with Gasteiger partial charge in [0.2, 0.25) is 0 Å². The van der Waals surface area contributed by atoms with Gasteiger partial charge in [-0.2, -0.15) is 18.3 Å². The number of aryl methyl sites for hydroxylation is 1. The molecule has 0 saturated carbocycles. The number of nitrogens with two attached hydrogens (primary N) is 1. The predicted molar refractivity (Wildman–Crippen MR) is 118 cm³/mol. The van der Waals surface area contributed by atoms with Gasteiger partial charge in [0.05, 0.1) is 35.7 Å². The molecule has 1 aliphatic heterocycles. The molecule has 0 aliphatic carbocycles. The molecule has 8 nitrogen and oxygen atoms in total. The summed E-state index contributed by atoms with van der Waals surface area (Å²) in [7, 11) is 1.74. The van der Waals surface area contributed by atoms with Gasteiger partial charge in [0, 0.05) is 17.8 Å². The molecule has 3 aromatic heterocycles. The zero-order valence-corrected chi connectivity index (χ0v) is 18.1. The monoisotopic (exact) mass is 458 g/mol. The molecule has 0 radical (unpaired) electrons. The van der Waals surface area contributed by atoms with Crippen LogP contribution in [0.1, 0.15) is 29.9 Å². The number of carbonyl (C=O) groups is 1. The summed E-state index contributed by atoms with van der Waals surface area (Å²) < 4.78 is 46.0. The summed E-state index contributed by atoms with van der Waals surface area (Å²) in [4.78, 5) is 23.1. The zero-order chi connectivity index (χ0) is 23.9. The van der Waals surface area contributed by atoms with Gasteiger partial charge in [0.25, 0.3) is 5.91 Å². The summed E-state index contributed by atoms with van der Waals surface area (Å²) in [5.41, 5.74) is 6.69. The first-order chi connectivity index (χ1) is 15.7. The molecule has 5 rings (SSSR count). The van der Waals surface area contributed by atoms with Crippen molar-refractivity contribution in [2.45, 2.75) is 20.0 Å². The van der Waals surface area contributed by atoms with E-state index in [1.54, 1.807) is 24.0 Å². The summed E-state index contributed by atoms with van der Waals surface area (Å²) in [6.45, 7) is 4.25. The van der Waals surface area contributed by atoms with Crippen molar-refractivity contribution in [1.82, 2.24) is 19.7 Å². The molecule has 11 heteroatoms. The molecule has 1 aliphatic rings. The topological polar surface area (TPSA) is 99.2 Å². The highest BCUT2D eigenvalue weighted by Gasteiger charge is 2.33. The Morgan fingerprint density at radius 2 is 1.91 bits per heavy atom. The van der Waals surface area contributed by atoms with E-state index >= 15 is 0 Å². The minimum Gasteiger partial charge on any atom is -0.490 e. The third kappa shape index (κ3) is 3.79. The Morgan fingerprint density at radius 3 is 2.64 bits per heavy atom. The van der Waals surface area contributed by atoms with E-state index in [1.165, 1.54) is 17.2 Å². The third-order valence-electron chi connectivity index (χ3n) is 5.21. The van der Waals surface area contributed by atoms with E-state index in [-0.39, 0.29) is 30.3 Å². The lowest BCUT2D eigenvalue weighted by molar-refractivity contribution is -0.137. The van der Waals surface area contributed by atoms with Crippen LogP contribution in [0.5, 0.6) is 5.75 Å². The van der Waals surface area contributed by atoms with Gasteiger partial charge >= 0.3 is 6.18 Å². The number of amides is 1. The zero-order valence-electron chi connectivity index (χ0n) is 18.1. The molecule has 0 atom stereocenters. The van der Waals surface area contributed by atoms with E-state index in [9.17, 15) is 18.0 Å². The maximum absolute atomic E-state index is 13.2. The number of hydrogen-bond acceptors (Lipinski definition) is 6. The number of benzene rings is 1. The van der Waals surface area contributed by atoms with Crippen molar-refractivity contribution < 1.29 is 22.7 Å². The highest BCUT2D eigenvalue weighted by atomic mass is 19.4. The summed E-state index contributed by atoms with van der Waals surface area (Å²) in [6, 6.07) is 4.65. The smallest absolute Gasteiger partial charge is 0.416 e. The van der Waals surface area contributed by atoms with Crippen LogP contribution in [-0.4, -0.2) is 38.8 Å². The number of halogens is 3. The van der Waals surface area contributed by atoms with Crippen LogP contribution in [0, 0.1) is 0 Å². The molecule has 33 heavy (non-hydrogen) atoms. The van der Waals surface area contributed by atoms with Gasteiger partial charge in [0.1, 0.15) is 29.4 Å². The van der Waals surface area contributed by atoms with E-state index < -0.39 is 17.6 Å². The quantitative estimate of drug-likeness (QED) is 0.459. The minimum atomic E-state index is -4.51. The molecule has 0 saturated heterocycles. The van der Waals surface area contributed by atoms with Gasteiger partial charge in [-0.25, -0.2) is 9.97 Å². The number of pyridine rings is 2. The van der Waals surface area contributed by atoms with E-state index in [4.69, 9.17) is 10.5 Å². The second-order valence-electron chi connectivity index (χ2n) is 7.10. The SMILES string of the molecule is CC.Cn1ncc2c3cc(C(=O)N4CCOc5cc(C(F)(F)F)ccc54)ncc3nc(N)c21. The number of aromatic nitrogens is 4. The first-order valence-corrected chi connectivity index (χ1v) is 10.3. The van der Waals surface area contributed by atoms with Gasteiger partial charge in [-0.15, -0.1) is 0 Å². The lowest BCUT2D eigenvalue weighted by Crippen LogP contribution is -2.38. The van der Waals surface area contributed by atoms with E-state index in [0.717, 1.165) is 17.5 Å². The van der Waals surface area contributed by atoms with Crippen LogP contribution in [0.25, 0.3) is 21.8 Å². The van der Waals surface area contributed by atoms with Crippen molar-refractivity contribution in [3.63, 3.8) is 0 Å². The lowest BCUT2D eigenvalue weighted by Gasteiger charge is -2.29. The number of nitrogens with zero attached hydrogens (tertiary/aromatic N) is 5. The van der Waals surface area contributed by atoms with Crippen LogP contribution >= 0.6 is 0 Å². The number of alkyl halides is 3. The van der Waals surface area contributed by atoms with Crippen LogP contribution in [0.15, 0.2) is 36.7 Å². The van der Waals surface area contributed by atoms with Gasteiger partial charge < -0.3 is 15.4 Å². The number of carbonyl (C=O) groups excluding carboxylic acids is 1. The fraction of sp³-hybridized carbons (Fsp3) is 0.273. The Kier molecular flexibility index (Phi) is 5.56. The summed E-state index contributed by atoms with van der Waals surface area (Å²) in [5, 5.41) is 5.57. The molecular weight excluding hydrogens is 437 g/mol. The first-order valence-electron chi connectivity index (χ1n) is 10.3.